The van der Waals surface area contributed by atoms with Gasteiger partial charge in [-0.05, 0) is 6.92 Å². The average Bonchev–Trinajstić information content (AvgIpc) is 1.80. The summed E-state index contributed by atoms with van der Waals surface area (Å²) in [6.45, 7) is -0.270. The highest BCUT2D eigenvalue weighted by molar-refractivity contribution is 6.36. The van der Waals surface area contributed by atoms with Gasteiger partial charge in [-0.3, -0.25) is 10.2 Å². The van der Waals surface area contributed by atoms with Crippen molar-refractivity contribution in [3.8, 4) is 0 Å². The van der Waals surface area contributed by atoms with Crippen molar-refractivity contribution in [3.63, 3.8) is 0 Å². The lowest BCUT2D eigenvalue weighted by Gasteiger charge is -2.06. The number of halogens is 3. The fourth-order valence-electron chi connectivity index (χ4n) is 0.313. The van der Waals surface area contributed by atoms with E-state index in [0.29, 0.717) is 0 Å². The molecule has 0 saturated heterocycles. The van der Waals surface area contributed by atoms with Crippen molar-refractivity contribution >= 4 is 11.6 Å². The van der Waals surface area contributed by atoms with Crippen LogP contribution in [-0.4, -0.2) is 24.3 Å². The predicted octanol–water partition coefficient (Wildman–Crippen LogP) is 0.705. The third-order valence-electron chi connectivity index (χ3n) is 0.790. The zero-order chi connectivity index (χ0) is 9.07. The fourth-order valence-corrected chi connectivity index (χ4v) is 0.313. The van der Waals surface area contributed by atoms with Crippen molar-refractivity contribution < 1.29 is 18.0 Å². The Balaban J connectivity index is 3.73. The zero-order valence-electron chi connectivity index (χ0n) is 5.75. The first-order valence-corrected chi connectivity index (χ1v) is 2.73. The fraction of sp³-hybridized carbons (Fsp3) is 0.600. The van der Waals surface area contributed by atoms with Crippen molar-refractivity contribution in [3.05, 3.63) is 0 Å². The maximum Gasteiger partial charge on any atom is 0.405 e. The molecule has 3 nitrogen and oxygen atoms in total. The van der Waals surface area contributed by atoms with E-state index < -0.39 is 24.3 Å². The molecule has 0 spiro atoms. The minimum absolute atomic E-state index is 0.436. The summed E-state index contributed by atoms with van der Waals surface area (Å²) in [5.41, 5.74) is -0.436. The standard InChI is InChI=1S/C5H7F3N2O/c1-3(9)4(11)10-2-5(6,7)8/h9H,2H2,1H3,(H,10,11). The molecule has 0 fully saturated rings. The summed E-state index contributed by atoms with van der Waals surface area (Å²) < 4.78 is 34.2. The minimum atomic E-state index is -4.41. The second-order valence-electron chi connectivity index (χ2n) is 1.92. The van der Waals surface area contributed by atoms with Gasteiger partial charge < -0.3 is 5.32 Å². The van der Waals surface area contributed by atoms with Gasteiger partial charge in [0, 0.05) is 0 Å². The Morgan fingerprint density at radius 3 is 2.27 bits per heavy atom. The quantitative estimate of drug-likeness (QED) is 0.586. The van der Waals surface area contributed by atoms with Gasteiger partial charge in [0.05, 0.1) is 5.71 Å². The molecule has 0 bridgehead atoms. The van der Waals surface area contributed by atoms with Crippen LogP contribution in [0.5, 0.6) is 0 Å². The Labute approximate surface area is 61.1 Å². The molecule has 0 aromatic rings. The van der Waals surface area contributed by atoms with Crippen LogP contribution in [0, 0.1) is 5.41 Å². The topological polar surface area (TPSA) is 53.0 Å². The van der Waals surface area contributed by atoms with Crippen molar-refractivity contribution in [2.75, 3.05) is 6.54 Å². The molecule has 11 heavy (non-hydrogen) atoms. The zero-order valence-corrected chi connectivity index (χ0v) is 5.75. The van der Waals surface area contributed by atoms with Crippen LogP contribution < -0.4 is 5.32 Å². The molecule has 0 radical (unpaired) electrons. The first kappa shape index (κ1) is 9.93. The molecule has 0 aliphatic carbocycles. The van der Waals surface area contributed by atoms with Crippen molar-refractivity contribution in [2.45, 2.75) is 13.1 Å². The van der Waals surface area contributed by atoms with Crippen LogP contribution in [0.1, 0.15) is 6.92 Å². The van der Waals surface area contributed by atoms with Gasteiger partial charge in [0.25, 0.3) is 5.91 Å². The van der Waals surface area contributed by atoms with E-state index in [1.807, 2.05) is 0 Å². The van der Waals surface area contributed by atoms with E-state index in [4.69, 9.17) is 5.41 Å². The number of rotatable bonds is 2. The molecule has 0 aromatic carbocycles. The maximum atomic E-state index is 11.4. The Kier molecular flexibility index (Phi) is 3.03. The second-order valence-corrected chi connectivity index (χ2v) is 1.92. The van der Waals surface area contributed by atoms with Crippen LogP contribution in [0.2, 0.25) is 0 Å². The maximum absolute atomic E-state index is 11.4. The molecule has 2 N–H and O–H groups in total. The molecule has 6 heteroatoms. The van der Waals surface area contributed by atoms with E-state index in [0.717, 1.165) is 6.92 Å². The molecular formula is C5H7F3N2O. The van der Waals surface area contributed by atoms with E-state index in [-0.39, 0.29) is 0 Å². The van der Waals surface area contributed by atoms with Crippen molar-refractivity contribution in [1.29, 1.82) is 5.41 Å². The summed E-state index contributed by atoms with van der Waals surface area (Å²) in [4.78, 5) is 10.4. The molecule has 0 aliphatic rings. The third kappa shape index (κ3) is 5.38. The first-order chi connectivity index (χ1) is 4.83. The molecule has 0 aliphatic heterocycles. The number of alkyl halides is 3. The lowest BCUT2D eigenvalue weighted by molar-refractivity contribution is -0.134. The third-order valence-corrected chi connectivity index (χ3v) is 0.790. The normalized spacial score (nSPS) is 10.9. The van der Waals surface area contributed by atoms with Crippen molar-refractivity contribution in [1.82, 2.24) is 5.32 Å². The molecule has 64 valence electrons. The Hall–Kier alpha value is -1.07. The Morgan fingerprint density at radius 2 is 2.00 bits per heavy atom. The lowest BCUT2D eigenvalue weighted by Crippen LogP contribution is -2.36. The number of nitrogens with one attached hydrogen (secondary N) is 2. The van der Waals surface area contributed by atoms with Gasteiger partial charge in [-0.15, -0.1) is 0 Å². The number of hydrogen-bond acceptors (Lipinski definition) is 2. The van der Waals surface area contributed by atoms with Crippen LogP contribution in [0.3, 0.4) is 0 Å². The highest BCUT2D eigenvalue weighted by atomic mass is 19.4. The van der Waals surface area contributed by atoms with Crippen LogP contribution in [-0.2, 0) is 4.79 Å². The molecule has 0 rings (SSSR count). The molecule has 1 amide bonds. The molecule has 0 unspecified atom stereocenters. The minimum Gasteiger partial charge on any atom is -0.342 e. The Morgan fingerprint density at radius 1 is 1.55 bits per heavy atom. The van der Waals surface area contributed by atoms with E-state index in [2.05, 4.69) is 0 Å². The molecule has 0 atom stereocenters. The van der Waals surface area contributed by atoms with Crippen LogP contribution in [0.4, 0.5) is 13.2 Å². The summed E-state index contributed by atoms with van der Waals surface area (Å²) in [6, 6.07) is 0. The van der Waals surface area contributed by atoms with Gasteiger partial charge in [0.2, 0.25) is 0 Å². The first-order valence-electron chi connectivity index (χ1n) is 2.73. The largest absolute Gasteiger partial charge is 0.405 e. The summed E-state index contributed by atoms with van der Waals surface area (Å²) in [6.07, 6.45) is -4.41. The van der Waals surface area contributed by atoms with Gasteiger partial charge in [-0.1, -0.05) is 0 Å². The molecule has 0 saturated carbocycles. The average molecular weight is 168 g/mol. The molecule has 0 heterocycles. The number of hydrogen-bond donors (Lipinski definition) is 2. The molecule has 0 aromatic heterocycles. The number of carbonyl (C=O) groups is 1. The monoisotopic (exact) mass is 168 g/mol. The van der Waals surface area contributed by atoms with Crippen LogP contribution in [0.15, 0.2) is 0 Å². The highest BCUT2D eigenvalue weighted by Gasteiger charge is 2.27. The summed E-state index contributed by atoms with van der Waals surface area (Å²) in [7, 11) is 0. The smallest absolute Gasteiger partial charge is 0.342 e. The summed E-state index contributed by atoms with van der Waals surface area (Å²) in [5, 5.41) is 8.16. The number of amides is 1. The predicted molar refractivity (Wildman–Crippen MR) is 32.5 cm³/mol. The molecular weight excluding hydrogens is 161 g/mol. The second kappa shape index (κ2) is 3.36. The lowest BCUT2D eigenvalue weighted by atomic mass is 10.4. The highest BCUT2D eigenvalue weighted by Crippen LogP contribution is 2.11. The van der Waals surface area contributed by atoms with Crippen LogP contribution >= 0.6 is 0 Å². The summed E-state index contributed by atoms with van der Waals surface area (Å²) in [5.74, 6) is -0.998. The van der Waals surface area contributed by atoms with Gasteiger partial charge in [-0.25, -0.2) is 0 Å². The van der Waals surface area contributed by atoms with Gasteiger partial charge in [0.15, 0.2) is 0 Å². The number of carbonyl (C=O) groups excluding carboxylic acids is 1. The van der Waals surface area contributed by atoms with Crippen LogP contribution in [0.25, 0.3) is 0 Å². The van der Waals surface area contributed by atoms with Gasteiger partial charge in [-0.2, -0.15) is 13.2 Å². The summed E-state index contributed by atoms with van der Waals surface area (Å²) >= 11 is 0. The van der Waals surface area contributed by atoms with E-state index >= 15 is 0 Å². The van der Waals surface area contributed by atoms with Gasteiger partial charge in [0.1, 0.15) is 6.54 Å². The van der Waals surface area contributed by atoms with E-state index in [1.165, 1.54) is 5.32 Å². The SMILES string of the molecule is CC(=N)C(=O)NCC(F)(F)F. The van der Waals surface area contributed by atoms with E-state index in [9.17, 15) is 18.0 Å². The van der Waals surface area contributed by atoms with Crippen molar-refractivity contribution in [2.24, 2.45) is 0 Å². The van der Waals surface area contributed by atoms with Gasteiger partial charge >= 0.3 is 6.18 Å². The Bertz CT molecular complexity index is 175. The van der Waals surface area contributed by atoms with E-state index in [1.54, 1.807) is 0 Å².